The summed E-state index contributed by atoms with van der Waals surface area (Å²) in [7, 11) is 0. The number of amides is 1. The molecule has 2 aromatic rings. The molecule has 1 aliphatic heterocycles. The van der Waals surface area contributed by atoms with E-state index in [1.165, 1.54) is 5.56 Å². The van der Waals surface area contributed by atoms with Crippen molar-refractivity contribution < 1.29 is 4.79 Å². The summed E-state index contributed by atoms with van der Waals surface area (Å²) in [5.74, 6) is 0.394. The van der Waals surface area contributed by atoms with E-state index in [4.69, 9.17) is 5.73 Å². The Kier molecular flexibility index (Phi) is 7.20. The highest BCUT2D eigenvalue weighted by molar-refractivity contribution is 5.94. The number of rotatable bonds is 10. The molecule has 0 radical (unpaired) electrons. The third-order valence-electron chi connectivity index (χ3n) is 5.65. The second kappa shape index (κ2) is 9.85. The van der Waals surface area contributed by atoms with E-state index in [2.05, 4.69) is 51.5 Å². The Morgan fingerprint density at radius 3 is 2.52 bits per heavy atom. The Morgan fingerprint density at radius 1 is 1.13 bits per heavy atom. The molecule has 1 atom stereocenters. The van der Waals surface area contributed by atoms with E-state index in [-0.39, 0.29) is 11.3 Å². The van der Waals surface area contributed by atoms with Crippen molar-refractivity contribution >= 4 is 18.1 Å². The van der Waals surface area contributed by atoms with Crippen LogP contribution in [-0.2, 0) is 11.8 Å². The Hall–Kier alpha value is -3.03. The van der Waals surface area contributed by atoms with Crippen molar-refractivity contribution in [3.63, 3.8) is 0 Å². The fourth-order valence-corrected chi connectivity index (χ4v) is 3.67. The van der Waals surface area contributed by atoms with E-state index in [0.717, 1.165) is 37.8 Å². The van der Waals surface area contributed by atoms with Gasteiger partial charge in [0.15, 0.2) is 5.95 Å². The zero-order chi connectivity index (χ0) is 22.3. The number of nitrogens with two attached hydrogens (primary N) is 1. The van der Waals surface area contributed by atoms with Crippen molar-refractivity contribution in [2.24, 2.45) is 15.4 Å². The van der Waals surface area contributed by atoms with Gasteiger partial charge in [0.25, 0.3) is 5.91 Å². The van der Waals surface area contributed by atoms with Gasteiger partial charge < -0.3 is 16.0 Å². The van der Waals surface area contributed by atoms with E-state index in [0.29, 0.717) is 24.5 Å². The maximum absolute atomic E-state index is 12.5. The van der Waals surface area contributed by atoms with Crippen molar-refractivity contribution in [3.8, 4) is 0 Å². The van der Waals surface area contributed by atoms with Crippen molar-refractivity contribution in [1.29, 1.82) is 0 Å². The zero-order valence-electron chi connectivity index (χ0n) is 18.7. The largest absolute Gasteiger partial charge is 0.369 e. The minimum atomic E-state index is -0.415. The summed E-state index contributed by atoms with van der Waals surface area (Å²) in [4.78, 5) is 19.6. The van der Waals surface area contributed by atoms with E-state index in [1.54, 1.807) is 6.20 Å². The highest BCUT2D eigenvalue weighted by atomic mass is 16.1. The standard InChI is InChI=1S/C23H33N7O/c1-22(2,3)18-10-8-17(9-11-18)20(31)25-14-13-23(16-27-30-29-23)12-6-4-5-7-19-15-26-21(24)28-19/h8-11,15-16H,4-7,12-14H2,1-3H3,(H,25,31)(H3,24,26,28). The molecule has 0 bridgehead atoms. The molecule has 2 heterocycles. The number of aryl methyl sites for hydroxylation is 1. The van der Waals surface area contributed by atoms with Crippen LogP contribution in [0.3, 0.4) is 0 Å². The number of unbranched alkanes of at least 4 members (excludes halogenated alkanes) is 2. The second-order valence-corrected chi connectivity index (χ2v) is 9.23. The molecule has 1 amide bonds. The lowest BCUT2D eigenvalue weighted by atomic mass is 9.86. The van der Waals surface area contributed by atoms with Gasteiger partial charge in [-0.1, -0.05) is 45.7 Å². The Morgan fingerprint density at radius 2 is 1.90 bits per heavy atom. The van der Waals surface area contributed by atoms with Crippen LogP contribution in [0, 0.1) is 0 Å². The summed E-state index contributed by atoms with van der Waals surface area (Å²) in [6, 6.07) is 7.81. The molecule has 0 saturated heterocycles. The van der Waals surface area contributed by atoms with Crippen molar-refractivity contribution in [2.45, 2.75) is 70.3 Å². The summed E-state index contributed by atoms with van der Waals surface area (Å²) < 4.78 is 0. The fraction of sp³-hybridized carbons (Fsp3) is 0.522. The van der Waals surface area contributed by atoms with Gasteiger partial charge in [-0.25, -0.2) is 4.98 Å². The minimum absolute atomic E-state index is 0.0682. The first-order valence-corrected chi connectivity index (χ1v) is 10.9. The van der Waals surface area contributed by atoms with Crippen LogP contribution in [0.15, 0.2) is 45.9 Å². The van der Waals surface area contributed by atoms with E-state index >= 15 is 0 Å². The minimum Gasteiger partial charge on any atom is -0.369 e. The van der Waals surface area contributed by atoms with Crippen molar-refractivity contribution in [3.05, 3.63) is 47.3 Å². The van der Waals surface area contributed by atoms with Crippen LogP contribution >= 0.6 is 0 Å². The van der Waals surface area contributed by atoms with Crippen molar-refractivity contribution in [1.82, 2.24) is 15.3 Å². The van der Waals surface area contributed by atoms with Crippen LogP contribution in [0.1, 0.15) is 74.5 Å². The maximum atomic E-state index is 12.5. The lowest BCUT2D eigenvalue weighted by Gasteiger charge is -2.21. The van der Waals surface area contributed by atoms with Gasteiger partial charge in [-0.3, -0.25) is 4.79 Å². The van der Waals surface area contributed by atoms with E-state index in [1.807, 2.05) is 30.5 Å². The molecule has 1 aliphatic rings. The summed E-state index contributed by atoms with van der Waals surface area (Å²) in [5.41, 5.74) is 8.20. The van der Waals surface area contributed by atoms with E-state index in [9.17, 15) is 4.79 Å². The number of aromatic nitrogens is 2. The molecule has 31 heavy (non-hydrogen) atoms. The van der Waals surface area contributed by atoms with Gasteiger partial charge in [0, 0.05) is 17.8 Å². The third-order valence-corrected chi connectivity index (χ3v) is 5.65. The average molecular weight is 424 g/mol. The number of anilines is 1. The molecule has 0 spiro atoms. The monoisotopic (exact) mass is 423 g/mol. The molecule has 1 unspecified atom stereocenters. The van der Waals surface area contributed by atoms with Crippen LogP contribution in [0.5, 0.6) is 0 Å². The molecule has 3 rings (SSSR count). The molecule has 0 saturated carbocycles. The molecule has 0 fully saturated rings. The molecular formula is C23H33N7O. The number of nitrogens with zero attached hydrogens (tertiary/aromatic N) is 4. The number of aromatic amines is 1. The van der Waals surface area contributed by atoms with Crippen LogP contribution < -0.4 is 11.1 Å². The number of nitrogen functional groups attached to an aromatic ring is 1. The summed E-state index contributed by atoms with van der Waals surface area (Å²) >= 11 is 0. The van der Waals surface area contributed by atoms with Gasteiger partial charge in [0.05, 0.1) is 12.4 Å². The number of H-pyrrole nitrogens is 1. The number of carbonyl (C=O) groups is 1. The molecule has 4 N–H and O–H groups in total. The highest BCUT2D eigenvalue weighted by Crippen LogP contribution is 2.26. The van der Waals surface area contributed by atoms with Crippen LogP contribution in [0.25, 0.3) is 0 Å². The lowest BCUT2D eigenvalue weighted by Crippen LogP contribution is -2.34. The molecule has 0 aliphatic carbocycles. The highest BCUT2D eigenvalue weighted by Gasteiger charge is 2.30. The summed E-state index contributed by atoms with van der Waals surface area (Å²) in [6.45, 7) is 7.00. The normalized spacial score (nSPS) is 17.9. The maximum Gasteiger partial charge on any atom is 0.251 e. The van der Waals surface area contributed by atoms with Gasteiger partial charge in [-0.05, 0) is 54.0 Å². The molecule has 8 heteroatoms. The van der Waals surface area contributed by atoms with E-state index < -0.39 is 5.54 Å². The van der Waals surface area contributed by atoms with Gasteiger partial charge in [-0.15, -0.1) is 5.10 Å². The Bertz CT molecular complexity index is 910. The van der Waals surface area contributed by atoms with Gasteiger partial charge in [-0.2, -0.15) is 5.11 Å². The average Bonchev–Trinajstić information content (AvgIpc) is 3.36. The second-order valence-electron chi connectivity index (χ2n) is 9.23. The smallest absolute Gasteiger partial charge is 0.251 e. The number of hydrogen-bond acceptors (Lipinski definition) is 6. The number of nitrogens with one attached hydrogen (secondary N) is 2. The molecular weight excluding hydrogens is 390 g/mol. The first kappa shape index (κ1) is 22.7. The van der Waals surface area contributed by atoms with Gasteiger partial charge >= 0.3 is 0 Å². The number of hydrogen-bond donors (Lipinski definition) is 3. The number of imidazole rings is 1. The lowest BCUT2D eigenvalue weighted by molar-refractivity contribution is 0.0951. The summed E-state index contributed by atoms with van der Waals surface area (Å²) in [6.07, 6.45) is 9.20. The predicted molar refractivity (Wildman–Crippen MR) is 123 cm³/mol. The Balaban J connectivity index is 1.42. The topological polar surface area (TPSA) is 121 Å². The Labute approximate surface area is 183 Å². The molecule has 8 nitrogen and oxygen atoms in total. The molecule has 1 aromatic heterocycles. The van der Waals surface area contributed by atoms with Crippen LogP contribution in [0.4, 0.5) is 5.95 Å². The zero-order valence-corrected chi connectivity index (χ0v) is 18.7. The number of carbonyl (C=O) groups excluding carboxylic acids is 1. The first-order valence-electron chi connectivity index (χ1n) is 10.9. The number of benzene rings is 1. The summed E-state index contributed by atoms with van der Waals surface area (Å²) in [5, 5.41) is 15.2. The fourth-order valence-electron chi connectivity index (χ4n) is 3.67. The van der Waals surface area contributed by atoms with Gasteiger partial charge in [0.1, 0.15) is 5.54 Å². The quantitative estimate of drug-likeness (QED) is 0.491. The molecule has 166 valence electrons. The molecule has 1 aromatic carbocycles. The van der Waals surface area contributed by atoms with Crippen molar-refractivity contribution in [2.75, 3.05) is 12.3 Å². The van der Waals surface area contributed by atoms with Crippen LogP contribution in [-0.4, -0.2) is 34.2 Å². The predicted octanol–water partition coefficient (Wildman–Crippen LogP) is 4.40. The van der Waals surface area contributed by atoms with Crippen LogP contribution in [0.2, 0.25) is 0 Å². The third kappa shape index (κ3) is 6.47. The SMILES string of the molecule is CC(C)(C)c1ccc(C(=O)NCCC2(CCCCCc3cnc(N)[nH]3)C=NN=N2)cc1. The van der Waals surface area contributed by atoms with Gasteiger partial charge in [0.2, 0.25) is 0 Å². The first-order chi connectivity index (χ1) is 14.8.